The SMILES string of the molecule is CCCOc1c(Cl)cc(/C=N\NC(=O)C(=O)NCc2ccccc2)cc1OC. The van der Waals surface area contributed by atoms with Gasteiger partial charge in [0.25, 0.3) is 0 Å². The largest absolute Gasteiger partial charge is 0.493 e. The lowest BCUT2D eigenvalue weighted by atomic mass is 10.2. The highest BCUT2D eigenvalue weighted by Crippen LogP contribution is 2.36. The van der Waals surface area contributed by atoms with Crippen molar-refractivity contribution in [2.45, 2.75) is 19.9 Å². The minimum absolute atomic E-state index is 0.253. The Morgan fingerprint density at radius 1 is 1.18 bits per heavy atom. The zero-order valence-electron chi connectivity index (χ0n) is 15.7. The first-order chi connectivity index (χ1) is 13.5. The van der Waals surface area contributed by atoms with E-state index in [4.69, 9.17) is 21.1 Å². The van der Waals surface area contributed by atoms with Crippen LogP contribution in [0.1, 0.15) is 24.5 Å². The maximum Gasteiger partial charge on any atom is 0.329 e. The average Bonchev–Trinajstić information content (AvgIpc) is 2.71. The molecule has 148 valence electrons. The van der Waals surface area contributed by atoms with Crippen molar-refractivity contribution in [1.82, 2.24) is 10.7 Å². The van der Waals surface area contributed by atoms with Crippen LogP contribution >= 0.6 is 11.6 Å². The molecular formula is C20H22ClN3O4. The van der Waals surface area contributed by atoms with Crippen LogP contribution in [0.25, 0.3) is 0 Å². The standard InChI is InChI=1S/C20H22ClN3O4/c1-3-9-28-18-16(21)10-15(11-17(18)27-2)13-23-24-20(26)19(25)22-12-14-7-5-4-6-8-14/h4-8,10-11,13H,3,9,12H2,1-2H3,(H,22,25)(H,24,26)/b23-13-. The average molecular weight is 404 g/mol. The van der Waals surface area contributed by atoms with Gasteiger partial charge < -0.3 is 14.8 Å². The quantitative estimate of drug-likeness (QED) is 0.403. The van der Waals surface area contributed by atoms with E-state index >= 15 is 0 Å². The van der Waals surface area contributed by atoms with Gasteiger partial charge in [0.15, 0.2) is 11.5 Å². The molecule has 2 aromatic carbocycles. The van der Waals surface area contributed by atoms with Crippen LogP contribution in [0.5, 0.6) is 11.5 Å². The van der Waals surface area contributed by atoms with Crippen molar-refractivity contribution in [2.75, 3.05) is 13.7 Å². The van der Waals surface area contributed by atoms with Crippen molar-refractivity contribution in [3.63, 3.8) is 0 Å². The van der Waals surface area contributed by atoms with Gasteiger partial charge in [-0.3, -0.25) is 9.59 Å². The van der Waals surface area contributed by atoms with Crippen molar-refractivity contribution in [3.05, 3.63) is 58.6 Å². The van der Waals surface area contributed by atoms with E-state index in [1.165, 1.54) is 13.3 Å². The molecule has 0 spiro atoms. The number of hydrazone groups is 1. The van der Waals surface area contributed by atoms with Gasteiger partial charge >= 0.3 is 11.8 Å². The smallest absolute Gasteiger partial charge is 0.329 e. The number of hydrogen-bond donors (Lipinski definition) is 2. The third-order valence-corrected chi connectivity index (χ3v) is 3.86. The van der Waals surface area contributed by atoms with E-state index in [1.807, 2.05) is 37.3 Å². The second-order valence-electron chi connectivity index (χ2n) is 5.75. The summed E-state index contributed by atoms with van der Waals surface area (Å²) in [6.45, 7) is 2.75. The number of nitrogens with one attached hydrogen (secondary N) is 2. The number of benzene rings is 2. The summed E-state index contributed by atoms with van der Waals surface area (Å²) in [5.41, 5.74) is 3.64. The topological polar surface area (TPSA) is 89.0 Å². The summed E-state index contributed by atoms with van der Waals surface area (Å²) in [5, 5.41) is 6.67. The van der Waals surface area contributed by atoms with Crippen molar-refractivity contribution >= 4 is 29.6 Å². The highest BCUT2D eigenvalue weighted by Gasteiger charge is 2.13. The first kappa shape index (κ1) is 21.2. The molecular weight excluding hydrogens is 382 g/mol. The van der Waals surface area contributed by atoms with Crippen molar-refractivity contribution < 1.29 is 19.1 Å². The number of carbonyl (C=O) groups is 2. The predicted octanol–water partition coefficient (Wildman–Crippen LogP) is 2.90. The molecule has 0 heterocycles. The van der Waals surface area contributed by atoms with Gasteiger partial charge in [0.05, 0.1) is 25.0 Å². The first-order valence-electron chi connectivity index (χ1n) is 8.70. The number of nitrogens with zero attached hydrogens (tertiary/aromatic N) is 1. The molecule has 8 heteroatoms. The molecule has 0 aromatic heterocycles. The van der Waals surface area contributed by atoms with E-state index in [0.717, 1.165) is 12.0 Å². The van der Waals surface area contributed by atoms with Crippen LogP contribution in [-0.4, -0.2) is 31.7 Å². The Hall–Kier alpha value is -3.06. The van der Waals surface area contributed by atoms with Crippen LogP contribution in [0.3, 0.4) is 0 Å². The molecule has 28 heavy (non-hydrogen) atoms. The molecule has 2 rings (SSSR count). The molecule has 0 radical (unpaired) electrons. The molecule has 2 N–H and O–H groups in total. The van der Waals surface area contributed by atoms with E-state index in [2.05, 4.69) is 15.8 Å². The molecule has 0 aliphatic heterocycles. The number of amides is 2. The summed E-state index contributed by atoms with van der Waals surface area (Å²) in [6.07, 6.45) is 2.20. The maximum absolute atomic E-state index is 11.8. The van der Waals surface area contributed by atoms with Gasteiger partial charge in [0.1, 0.15) is 0 Å². The molecule has 0 aliphatic carbocycles. The van der Waals surface area contributed by atoms with Gasteiger partial charge in [0, 0.05) is 6.54 Å². The number of carbonyl (C=O) groups excluding carboxylic acids is 2. The van der Waals surface area contributed by atoms with Crippen LogP contribution in [0, 0.1) is 0 Å². The van der Waals surface area contributed by atoms with Crippen LogP contribution < -0.4 is 20.2 Å². The molecule has 0 bridgehead atoms. The van der Waals surface area contributed by atoms with Gasteiger partial charge in [-0.05, 0) is 29.7 Å². The lowest BCUT2D eigenvalue weighted by Crippen LogP contribution is -2.37. The third-order valence-electron chi connectivity index (χ3n) is 3.58. The number of hydrogen-bond acceptors (Lipinski definition) is 5. The summed E-state index contributed by atoms with van der Waals surface area (Å²) < 4.78 is 10.9. The Balaban J connectivity index is 1.93. The molecule has 2 aromatic rings. The van der Waals surface area contributed by atoms with E-state index in [-0.39, 0.29) is 6.54 Å². The molecule has 2 amide bonds. The zero-order valence-corrected chi connectivity index (χ0v) is 16.5. The van der Waals surface area contributed by atoms with Gasteiger partial charge in [-0.15, -0.1) is 0 Å². The minimum atomic E-state index is -0.867. The minimum Gasteiger partial charge on any atom is -0.493 e. The summed E-state index contributed by atoms with van der Waals surface area (Å²) in [7, 11) is 1.50. The van der Waals surface area contributed by atoms with Gasteiger partial charge in [-0.2, -0.15) is 5.10 Å². The fourth-order valence-corrected chi connectivity index (χ4v) is 2.51. The van der Waals surface area contributed by atoms with E-state index < -0.39 is 11.8 Å². The van der Waals surface area contributed by atoms with E-state index in [0.29, 0.717) is 28.7 Å². The Morgan fingerprint density at radius 2 is 1.93 bits per heavy atom. The summed E-state index contributed by atoms with van der Waals surface area (Å²) >= 11 is 6.22. The molecule has 0 saturated carbocycles. The number of ether oxygens (including phenoxy) is 2. The zero-order chi connectivity index (χ0) is 20.4. The van der Waals surface area contributed by atoms with Crippen LogP contribution in [0.2, 0.25) is 5.02 Å². The van der Waals surface area contributed by atoms with Gasteiger partial charge in [-0.1, -0.05) is 48.9 Å². The fraction of sp³-hybridized carbons (Fsp3) is 0.250. The first-order valence-corrected chi connectivity index (χ1v) is 9.08. The van der Waals surface area contributed by atoms with Gasteiger partial charge in [0.2, 0.25) is 0 Å². The molecule has 0 unspecified atom stereocenters. The highest BCUT2D eigenvalue weighted by molar-refractivity contribution is 6.35. The second-order valence-corrected chi connectivity index (χ2v) is 6.16. The second kappa shape index (κ2) is 10.9. The van der Waals surface area contributed by atoms with Crippen LogP contribution in [0.4, 0.5) is 0 Å². The van der Waals surface area contributed by atoms with E-state index in [1.54, 1.807) is 12.1 Å². The lowest BCUT2D eigenvalue weighted by Gasteiger charge is -2.12. The molecule has 7 nitrogen and oxygen atoms in total. The predicted molar refractivity (Wildman–Crippen MR) is 108 cm³/mol. The number of rotatable bonds is 8. The fourth-order valence-electron chi connectivity index (χ4n) is 2.23. The third kappa shape index (κ3) is 6.28. The summed E-state index contributed by atoms with van der Waals surface area (Å²) in [5.74, 6) is -0.741. The molecule has 0 aliphatic rings. The van der Waals surface area contributed by atoms with Crippen molar-refractivity contribution in [1.29, 1.82) is 0 Å². The van der Waals surface area contributed by atoms with E-state index in [9.17, 15) is 9.59 Å². The number of halogens is 1. The monoisotopic (exact) mass is 403 g/mol. The molecule has 0 atom stereocenters. The summed E-state index contributed by atoms with van der Waals surface area (Å²) in [6, 6.07) is 12.6. The van der Waals surface area contributed by atoms with Crippen LogP contribution in [0.15, 0.2) is 47.6 Å². The Morgan fingerprint density at radius 3 is 2.61 bits per heavy atom. The highest BCUT2D eigenvalue weighted by atomic mass is 35.5. The Labute approximate surface area is 168 Å². The lowest BCUT2D eigenvalue weighted by molar-refractivity contribution is -0.139. The molecule has 0 fully saturated rings. The Kier molecular flexibility index (Phi) is 8.30. The molecule has 0 saturated heterocycles. The van der Waals surface area contributed by atoms with Crippen molar-refractivity contribution in [2.24, 2.45) is 5.10 Å². The van der Waals surface area contributed by atoms with Gasteiger partial charge in [-0.25, -0.2) is 5.43 Å². The normalized spacial score (nSPS) is 10.5. The maximum atomic E-state index is 11.8. The van der Waals surface area contributed by atoms with Crippen molar-refractivity contribution in [3.8, 4) is 11.5 Å². The van der Waals surface area contributed by atoms with Crippen LogP contribution in [-0.2, 0) is 16.1 Å². The Bertz CT molecular complexity index is 841. The number of methoxy groups -OCH3 is 1. The summed E-state index contributed by atoms with van der Waals surface area (Å²) in [4.78, 5) is 23.6.